The molecule has 0 unspecified atom stereocenters. The standard InChI is InChI=1S/C25H33N5O4/c1-3-27-25(33)30-23-17(2)28(15-19-11-8-10-18-9-4-5-12-20(18)19)24(32)21(13-6-7-14-26)29(23)22(31)16-34-30/h4-5,8-12,17,21,23H,3,6-7,13-16,26H2,1-2H3,(H,27,33)/t17-,21-,23-/m0/s1. The summed E-state index contributed by atoms with van der Waals surface area (Å²) in [6.07, 6.45) is 1.23. The van der Waals surface area contributed by atoms with Gasteiger partial charge in [0.1, 0.15) is 6.04 Å². The zero-order valence-electron chi connectivity index (χ0n) is 19.8. The van der Waals surface area contributed by atoms with Crippen LogP contribution in [0.5, 0.6) is 0 Å². The fraction of sp³-hybridized carbons (Fsp3) is 0.480. The molecule has 3 atom stereocenters. The third-order valence-electron chi connectivity index (χ3n) is 6.65. The number of fused-ring (bicyclic) bond motifs is 2. The van der Waals surface area contributed by atoms with Crippen LogP contribution in [-0.2, 0) is 21.0 Å². The van der Waals surface area contributed by atoms with Gasteiger partial charge in [0, 0.05) is 13.1 Å². The fourth-order valence-electron chi connectivity index (χ4n) is 4.98. The Morgan fingerprint density at radius 3 is 2.68 bits per heavy atom. The molecule has 2 heterocycles. The number of urea groups is 1. The highest BCUT2D eigenvalue weighted by Gasteiger charge is 2.53. The molecule has 4 rings (SSSR count). The number of hydrogen-bond acceptors (Lipinski definition) is 5. The summed E-state index contributed by atoms with van der Waals surface area (Å²) < 4.78 is 0. The molecule has 9 heteroatoms. The van der Waals surface area contributed by atoms with Gasteiger partial charge in [0.15, 0.2) is 12.8 Å². The summed E-state index contributed by atoms with van der Waals surface area (Å²) in [6.45, 7) is 4.72. The Morgan fingerprint density at radius 1 is 1.15 bits per heavy atom. The number of amides is 4. The fourth-order valence-corrected chi connectivity index (χ4v) is 4.98. The summed E-state index contributed by atoms with van der Waals surface area (Å²) in [4.78, 5) is 48.5. The van der Waals surface area contributed by atoms with Gasteiger partial charge in [-0.05, 0) is 56.0 Å². The molecule has 2 aromatic rings. The molecule has 0 aromatic heterocycles. The molecule has 3 N–H and O–H groups in total. The molecule has 0 bridgehead atoms. The van der Waals surface area contributed by atoms with E-state index in [1.54, 1.807) is 9.80 Å². The molecule has 2 saturated heterocycles. The van der Waals surface area contributed by atoms with Crippen molar-refractivity contribution in [3.63, 3.8) is 0 Å². The Morgan fingerprint density at radius 2 is 1.91 bits per heavy atom. The number of piperazine rings is 1. The molecule has 0 aliphatic carbocycles. The number of benzene rings is 2. The van der Waals surface area contributed by atoms with Gasteiger partial charge < -0.3 is 20.9 Å². The summed E-state index contributed by atoms with van der Waals surface area (Å²) in [5, 5.41) is 6.15. The summed E-state index contributed by atoms with van der Waals surface area (Å²) in [5.74, 6) is -0.395. The first-order valence-corrected chi connectivity index (χ1v) is 12.0. The largest absolute Gasteiger partial charge is 0.343 e. The maximum atomic E-state index is 13.8. The third-order valence-corrected chi connectivity index (χ3v) is 6.65. The second kappa shape index (κ2) is 10.4. The van der Waals surface area contributed by atoms with Crippen molar-refractivity contribution in [2.45, 2.75) is 57.9 Å². The average Bonchev–Trinajstić information content (AvgIpc) is 2.84. The molecule has 0 radical (unpaired) electrons. The van der Waals surface area contributed by atoms with E-state index in [0.717, 1.165) is 22.8 Å². The highest BCUT2D eigenvalue weighted by molar-refractivity contribution is 5.92. The van der Waals surface area contributed by atoms with E-state index in [-0.39, 0.29) is 18.4 Å². The molecule has 34 heavy (non-hydrogen) atoms. The van der Waals surface area contributed by atoms with Crippen LogP contribution >= 0.6 is 0 Å². The van der Waals surface area contributed by atoms with Gasteiger partial charge in [-0.3, -0.25) is 14.4 Å². The number of hydroxylamine groups is 2. The lowest BCUT2D eigenvalue weighted by molar-refractivity contribution is -0.246. The van der Waals surface area contributed by atoms with Crippen molar-refractivity contribution in [3.8, 4) is 0 Å². The van der Waals surface area contributed by atoms with Crippen molar-refractivity contribution in [3.05, 3.63) is 48.0 Å². The Balaban J connectivity index is 1.72. The number of carbonyl (C=O) groups excluding carboxylic acids is 3. The quantitative estimate of drug-likeness (QED) is 0.607. The first-order valence-electron chi connectivity index (χ1n) is 12.0. The van der Waals surface area contributed by atoms with Gasteiger partial charge in [0.2, 0.25) is 5.91 Å². The van der Waals surface area contributed by atoms with Gasteiger partial charge in [-0.1, -0.05) is 42.5 Å². The van der Waals surface area contributed by atoms with Crippen molar-refractivity contribution in [2.24, 2.45) is 5.73 Å². The van der Waals surface area contributed by atoms with Crippen LogP contribution < -0.4 is 11.1 Å². The molecular weight excluding hydrogens is 434 g/mol. The molecule has 4 amide bonds. The van der Waals surface area contributed by atoms with Crippen molar-refractivity contribution in [2.75, 3.05) is 19.7 Å². The molecule has 2 fully saturated rings. The minimum atomic E-state index is -0.719. The lowest BCUT2D eigenvalue weighted by Gasteiger charge is -2.54. The second-order valence-corrected chi connectivity index (χ2v) is 8.79. The van der Waals surface area contributed by atoms with Crippen LogP contribution in [0.2, 0.25) is 0 Å². The van der Waals surface area contributed by atoms with E-state index < -0.39 is 24.3 Å². The van der Waals surface area contributed by atoms with Gasteiger partial charge >= 0.3 is 6.03 Å². The number of unbranched alkanes of at least 4 members (excludes halogenated alkanes) is 1. The number of nitrogens with zero attached hydrogens (tertiary/aromatic N) is 3. The zero-order valence-corrected chi connectivity index (χ0v) is 19.8. The first kappa shape index (κ1) is 24.0. The number of nitrogens with two attached hydrogens (primary N) is 1. The minimum Gasteiger partial charge on any atom is -0.336 e. The SMILES string of the molecule is CCNC(=O)N1OCC(=O)N2[C@@H]1[C@H](C)N(Cc1cccc3ccccc13)C(=O)[C@@H]2CCCCN. The summed E-state index contributed by atoms with van der Waals surface area (Å²) >= 11 is 0. The normalized spacial score (nSPS) is 22.8. The van der Waals surface area contributed by atoms with E-state index in [1.165, 1.54) is 5.06 Å². The summed E-state index contributed by atoms with van der Waals surface area (Å²) in [6, 6.07) is 12.5. The lowest BCUT2D eigenvalue weighted by atomic mass is 9.96. The van der Waals surface area contributed by atoms with Crippen molar-refractivity contribution < 1.29 is 19.2 Å². The van der Waals surface area contributed by atoms with Gasteiger partial charge in [0.25, 0.3) is 5.91 Å². The van der Waals surface area contributed by atoms with Crippen LogP contribution in [0.4, 0.5) is 4.79 Å². The van der Waals surface area contributed by atoms with E-state index in [2.05, 4.69) is 5.32 Å². The van der Waals surface area contributed by atoms with Crippen LogP contribution in [0.3, 0.4) is 0 Å². The molecule has 2 aliphatic heterocycles. The minimum absolute atomic E-state index is 0.111. The van der Waals surface area contributed by atoms with Gasteiger partial charge in [-0.25, -0.2) is 4.79 Å². The second-order valence-electron chi connectivity index (χ2n) is 8.79. The Labute approximate surface area is 199 Å². The van der Waals surface area contributed by atoms with Crippen LogP contribution in [0, 0.1) is 0 Å². The van der Waals surface area contributed by atoms with E-state index in [0.29, 0.717) is 32.5 Å². The van der Waals surface area contributed by atoms with Crippen molar-refractivity contribution in [1.29, 1.82) is 0 Å². The van der Waals surface area contributed by atoms with Gasteiger partial charge in [-0.15, -0.1) is 0 Å². The molecule has 0 saturated carbocycles. The van der Waals surface area contributed by atoms with E-state index in [9.17, 15) is 14.4 Å². The van der Waals surface area contributed by atoms with Crippen LogP contribution in [0.25, 0.3) is 10.8 Å². The summed E-state index contributed by atoms with van der Waals surface area (Å²) in [7, 11) is 0. The van der Waals surface area contributed by atoms with Crippen LogP contribution in [0.1, 0.15) is 38.7 Å². The van der Waals surface area contributed by atoms with E-state index in [1.807, 2.05) is 56.3 Å². The molecule has 2 aromatic carbocycles. The molecule has 9 nitrogen and oxygen atoms in total. The predicted molar refractivity (Wildman–Crippen MR) is 128 cm³/mol. The maximum Gasteiger partial charge on any atom is 0.343 e. The Bertz CT molecular complexity index is 1060. The van der Waals surface area contributed by atoms with Gasteiger partial charge in [-0.2, -0.15) is 5.06 Å². The smallest absolute Gasteiger partial charge is 0.336 e. The Hall–Kier alpha value is -3.17. The molecule has 182 valence electrons. The molecular formula is C25H33N5O4. The number of carbonyl (C=O) groups is 3. The highest BCUT2D eigenvalue weighted by Crippen LogP contribution is 2.33. The summed E-state index contributed by atoms with van der Waals surface area (Å²) in [5.41, 5.74) is 6.69. The average molecular weight is 468 g/mol. The maximum absolute atomic E-state index is 13.8. The van der Waals surface area contributed by atoms with Crippen LogP contribution in [-0.4, -0.2) is 70.7 Å². The Kier molecular flexibility index (Phi) is 7.33. The van der Waals surface area contributed by atoms with Gasteiger partial charge in [0.05, 0.1) is 6.04 Å². The highest BCUT2D eigenvalue weighted by atomic mass is 16.7. The number of rotatable bonds is 7. The number of hydrogen-bond donors (Lipinski definition) is 2. The molecule has 0 spiro atoms. The van der Waals surface area contributed by atoms with Crippen molar-refractivity contribution in [1.82, 2.24) is 20.2 Å². The third kappa shape index (κ3) is 4.45. The van der Waals surface area contributed by atoms with Crippen LogP contribution in [0.15, 0.2) is 42.5 Å². The van der Waals surface area contributed by atoms with E-state index >= 15 is 0 Å². The molecule has 2 aliphatic rings. The van der Waals surface area contributed by atoms with Crippen molar-refractivity contribution >= 4 is 28.6 Å². The lowest BCUT2D eigenvalue weighted by Crippen LogP contribution is -2.75. The number of nitrogens with one attached hydrogen (secondary N) is 1. The predicted octanol–water partition coefficient (Wildman–Crippen LogP) is 2.20. The first-order chi connectivity index (χ1) is 16.5. The monoisotopic (exact) mass is 467 g/mol. The topological polar surface area (TPSA) is 108 Å². The van der Waals surface area contributed by atoms with E-state index in [4.69, 9.17) is 10.6 Å². The zero-order chi connectivity index (χ0) is 24.2.